The van der Waals surface area contributed by atoms with Gasteiger partial charge in [0, 0.05) is 11.4 Å². The van der Waals surface area contributed by atoms with Gasteiger partial charge in [0.1, 0.15) is 18.1 Å². The summed E-state index contributed by atoms with van der Waals surface area (Å²) >= 11 is 0.807. The molecule has 1 aromatic carbocycles. The van der Waals surface area contributed by atoms with Gasteiger partial charge in [0.15, 0.2) is 22.3 Å². The van der Waals surface area contributed by atoms with Crippen molar-refractivity contribution in [2.75, 3.05) is 7.11 Å². The van der Waals surface area contributed by atoms with Gasteiger partial charge in [-0.2, -0.15) is 18.2 Å². The van der Waals surface area contributed by atoms with Gasteiger partial charge in [0.2, 0.25) is 5.88 Å². The molecule has 6 nitrogen and oxygen atoms in total. The van der Waals surface area contributed by atoms with Gasteiger partial charge in [0.05, 0.1) is 13.4 Å². The number of nitrogens with zero attached hydrogens (tertiary/aromatic N) is 3. The number of halogens is 3. The summed E-state index contributed by atoms with van der Waals surface area (Å²) in [5.74, 6) is 1.35. The SMILES string of the molecule is COc1ccc(COc2cc(-c3ccco3)nc(-c3nc(C(F)(F)F)cs3)n2)cc1. The van der Waals surface area contributed by atoms with Gasteiger partial charge in [0.25, 0.3) is 0 Å². The molecule has 0 atom stereocenters. The van der Waals surface area contributed by atoms with Crippen molar-refractivity contribution in [3.63, 3.8) is 0 Å². The summed E-state index contributed by atoms with van der Waals surface area (Å²) in [5, 5.41) is 0.959. The van der Waals surface area contributed by atoms with Gasteiger partial charge >= 0.3 is 6.18 Å². The molecular weight excluding hydrogens is 419 g/mol. The molecule has 0 amide bonds. The number of methoxy groups -OCH3 is 1. The Balaban J connectivity index is 1.65. The number of aromatic nitrogens is 3. The molecule has 0 saturated carbocycles. The van der Waals surface area contributed by atoms with E-state index in [0.29, 0.717) is 17.2 Å². The summed E-state index contributed by atoms with van der Waals surface area (Å²) in [7, 11) is 1.58. The maximum absolute atomic E-state index is 12.9. The Morgan fingerprint density at radius 3 is 2.50 bits per heavy atom. The fourth-order valence-electron chi connectivity index (χ4n) is 2.53. The van der Waals surface area contributed by atoms with Crippen molar-refractivity contribution >= 4 is 11.3 Å². The Kier molecular flexibility index (Phi) is 5.40. The van der Waals surface area contributed by atoms with Gasteiger partial charge in [-0.05, 0) is 29.8 Å². The summed E-state index contributed by atoms with van der Waals surface area (Å²) in [5.41, 5.74) is 0.248. The van der Waals surface area contributed by atoms with Crippen LogP contribution in [0.2, 0.25) is 0 Å². The summed E-state index contributed by atoms with van der Waals surface area (Å²) in [4.78, 5) is 12.2. The van der Waals surface area contributed by atoms with Crippen LogP contribution in [0, 0.1) is 0 Å². The Hall–Kier alpha value is -3.40. The first-order valence-electron chi connectivity index (χ1n) is 8.64. The normalized spacial score (nSPS) is 11.5. The number of hydrogen-bond acceptors (Lipinski definition) is 7. The molecule has 0 saturated heterocycles. The number of alkyl halides is 3. The first-order chi connectivity index (χ1) is 14.4. The molecule has 4 aromatic rings. The summed E-state index contributed by atoms with van der Waals surface area (Å²) < 4.78 is 55.0. The Labute approximate surface area is 173 Å². The lowest BCUT2D eigenvalue weighted by Gasteiger charge is -2.09. The fourth-order valence-corrected chi connectivity index (χ4v) is 3.29. The predicted octanol–water partition coefficient (Wildman–Crippen LogP) is 5.47. The van der Waals surface area contributed by atoms with Crippen molar-refractivity contribution in [3.8, 4) is 33.9 Å². The third kappa shape index (κ3) is 4.43. The van der Waals surface area contributed by atoms with E-state index in [-0.39, 0.29) is 23.3 Å². The van der Waals surface area contributed by atoms with E-state index >= 15 is 0 Å². The number of hydrogen-bond donors (Lipinski definition) is 0. The second-order valence-corrected chi connectivity index (χ2v) is 6.92. The van der Waals surface area contributed by atoms with Crippen LogP contribution < -0.4 is 9.47 Å². The van der Waals surface area contributed by atoms with Crippen LogP contribution >= 0.6 is 11.3 Å². The first kappa shape index (κ1) is 19.9. The van der Waals surface area contributed by atoms with Crippen molar-refractivity contribution in [2.24, 2.45) is 0 Å². The highest BCUT2D eigenvalue weighted by Gasteiger charge is 2.34. The zero-order chi connectivity index (χ0) is 21.1. The zero-order valence-corrected chi connectivity index (χ0v) is 16.3. The number of thiazole rings is 1. The third-order valence-corrected chi connectivity index (χ3v) is 4.85. The van der Waals surface area contributed by atoms with Crippen molar-refractivity contribution < 1.29 is 27.1 Å². The minimum Gasteiger partial charge on any atom is -0.497 e. The molecule has 4 rings (SSSR count). The standard InChI is InChI=1S/C20H14F3N3O3S/c1-27-13-6-4-12(5-7-13)10-29-17-9-14(15-3-2-8-28-15)24-18(26-17)19-25-16(11-30-19)20(21,22)23/h2-9,11H,10H2,1H3. The molecule has 0 spiro atoms. The van der Waals surface area contributed by atoms with E-state index in [2.05, 4.69) is 15.0 Å². The molecule has 154 valence electrons. The minimum absolute atomic E-state index is 0.0223. The van der Waals surface area contributed by atoms with Crippen molar-refractivity contribution in [1.29, 1.82) is 0 Å². The largest absolute Gasteiger partial charge is 0.497 e. The molecule has 3 heterocycles. The highest BCUT2D eigenvalue weighted by molar-refractivity contribution is 7.13. The molecule has 0 unspecified atom stereocenters. The average molecular weight is 433 g/mol. The van der Waals surface area contributed by atoms with E-state index in [0.717, 1.165) is 22.3 Å². The van der Waals surface area contributed by atoms with Crippen LogP contribution in [0.5, 0.6) is 11.6 Å². The molecule has 0 bridgehead atoms. The molecule has 0 aliphatic rings. The molecule has 0 aliphatic carbocycles. The van der Waals surface area contributed by atoms with E-state index in [1.54, 1.807) is 37.4 Å². The zero-order valence-electron chi connectivity index (χ0n) is 15.5. The molecule has 3 aromatic heterocycles. The summed E-state index contributed by atoms with van der Waals surface area (Å²) in [6.45, 7) is 0.198. The predicted molar refractivity (Wildman–Crippen MR) is 103 cm³/mol. The smallest absolute Gasteiger partial charge is 0.434 e. The van der Waals surface area contributed by atoms with E-state index in [1.165, 1.54) is 6.26 Å². The van der Waals surface area contributed by atoms with Gasteiger partial charge in [-0.15, -0.1) is 11.3 Å². The van der Waals surface area contributed by atoms with Crippen LogP contribution in [0.1, 0.15) is 11.3 Å². The molecule has 0 fully saturated rings. The first-order valence-corrected chi connectivity index (χ1v) is 9.52. The van der Waals surface area contributed by atoms with Gasteiger partial charge in [-0.25, -0.2) is 9.97 Å². The van der Waals surface area contributed by atoms with Gasteiger partial charge < -0.3 is 13.9 Å². The number of rotatable bonds is 6. The molecule has 10 heteroatoms. The van der Waals surface area contributed by atoms with Crippen LogP contribution in [-0.2, 0) is 12.8 Å². The number of benzene rings is 1. The van der Waals surface area contributed by atoms with Crippen LogP contribution in [-0.4, -0.2) is 22.1 Å². The van der Waals surface area contributed by atoms with E-state index in [4.69, 9.17) is 13.9 Å². The van der Waals surface area contributed by atoms with Crippen LogP contribution in [0.25, 0.3) is 22.3 Å². The highest BCUT2D eigenvalue weighted by atomic mass is 32.1. The Bertz CT molecular complexity index is 1130. The molecule has 30 heavy (non-hydrogen) atoms. The molecule has 0 aliphatic heterocycles. The van der Waals surface area contributed by atoms with E-state index in [9.17, 15) is 13.2 Å². The average Bonchev–Trinajstić information content (AvgIpc) is 3.44. The van der Waals surface area contributed by atoms with Crippen LogP contribution in [0.3, 0.4) is 0 Å². The lowest BCUT2D eigenvalue weighted by molar-refractivity contribution is -0.140. The number of furan rings is 1. The Morgan fingerprint density at radius 2 is 1.87 bits per heavy atom. The van der Waals surface area contributed by atoms with Gasteiger partial charge in [-0.3, -0.25) is 0 Å². The topological polar surface area (TPSA) is 70.3 Å². The van der Waals surface area contributed by atoms with Crippen LogP contribution in [0.4, 0.5) is 13.2 Å². The fraction of sp³-hybridized carbons (Fsp3) is 0.150. The van der Waals surface area contributed by atoms with E-state index in [1.807, 2.05) is 12.1 Å². The lowest BCUT2D eigenvalue weighted by atomic mass is 10.2. The van der Waals surface area contributed by atoms with Crippen molar-refractivity contribution in [2.45, 2.75) is 12.8 Å². The van der Waals surface area contributed by atoms with Crippen molar-refractivity contribution in [3.05, 3.63) is 65.4 Å². The minimum atomic E-state index is -4.54. The second kappa shape index (κ2) is 8.15. The molecule has 0 radical (unpaired) electrons. The lowest BCUT2D eigenvalue weighted by Crippen LogP contribution is -2.05. The summed E-state index contributed by atoms with van der Waals surface area (Å²) in [6, 6.07) is 12.2. The maximum Gasteiger partial charge on any atom is 0.434 e. The number of ether oxygens (including phenoxy) is 2. The molecule has 0 N–H and O–H groups in total. The van der Waals surface area contributed by atoms with Crippen molar-refractivity contribution in [1.82, 2.24) is 15.0 Å². The second-order valence-electron chi connectivity index (χ2n) is 6.06. The maximum atomic E-state index is 12.9. The van der Waals surface area contributed by atoms with Gasteiger partial charge in [-0.1, -0.05) is 12.1 Å². The highest BCUT2D eigenvalue weighted by Crippen LogP contribution is 2.34. The van der Waals surface area contributed by atoms with Crippen LogP contribution in [0.15, 0.2) is 58.5 Å². The Morgan fingerprint density at radius 1 is 1.07 bits per heavy atom. The molecular formula is C20H14F3N3O3S. The van der Waals surface area contributed by atoms with E-state index < -0.39 is 11.9 Å². The summed E-state index contributed by atoms with van der Waals surface area (Å²) in [6.07, 6.45) is -3.07. The quantitative estimate of drug-likeness (QED) is 0.402. The third-order valence-electron chi connectivity index (χ3n) is 4.01. The monoisotopic (exact) mass is 433 g/mol.